The Kier molecular flexibility index (Phi) is 10.4. The van der Waals surface area contributed by atoms with Gasteiger partial charge in [0.15, 0.2) is 5.78 Å². The lowest BCUT2D eigenvalue weighted by atomic mass is 10.0. The van der Waals surface area contributed by atoms with Crippen molar-refractivity contribution in [3.05, 3.63) is 16.0 Å². The fourth-order valence-corrected chi connectivity index (χ4v) is 4.92. The largest absolute Gasteiger partial charge is 0.444 e. The molecule has 3 heterocycles. The Morgan fingerprint density at radius 1 is 1.00 bits per heavy atom. The van der Waals surface area contributed by atoms with Gasteiger partial charge in [0.05, 0.1) is 18.7 Å². The number of likely N-dealkylation sites (tertiary alicyclic amines) is 1. The fourth-order valence-electron chi connectivity index (χ4n) is 3.77. The van der Waals surface area contributed by atoms with Crippen molar-refractivity contribution in [2.75, 3.05) is 12.3 Å². The van der Waals surface area contributed by atoms with Crippen molar-refractivity contribution < 1.29 is 23.9 Å². The summed E-state index contributed by atoms with van der Waals surface area (Å²) in [5, 5.41) is 9.72. The predicted molar refractivity (Wildman–Crippen MR) is 142 cm³/mol. The van der Waals surface area contributed by atoms with E-state index in [1.807, 2.05) is 55.4 Å². The van der Waals surface area contributed by atoms with Crippen LogP contribution >= 0.6 is 11.3 Å². The molecule has 0 spiro atoms. The predicted octanol–water partition coefficient (Wildman–Crippen LogP) is 5.49. The number of nitrogens with two attached hydrogens (primary N) is 1. The van der Waals surface area contributed by atoms with Gasteiger partial charge >= 0.3 is 12.2 Å². The Labute approximate surface area is 219 Å². The quantitative estimate of drug-likeness (QED) is 0.477. The highest BCUT2D eigenvalue weighted by molar-refractivity contribution is 7.16. The monoisotopic (exact) mass is 522 g/mol. The number of nitrogens with zero attached hydrogens (tertiary/aromatic N) is 3. The van der Waals surface area contributed by atoms with Crippen LogP contribution in [0.5, 0.6) is 0 Å². The number of ketones is 1. The summed E-state index contributed by atoms with van der Waals surface area (Å²) in [6.45, 7) is 15.5. The number of piperidine rings is 1. The number of rotatable bonds is 0. The summed E-state index contributed by atoms with van der Waals surface area (Å²) in [6, 6.07) is 2.27. The van der Waals surface area contributed by atoms with Crippen molar-refractivity contribution in [2.45, 2.75) is 112 Å². The standard InChI is InChI=1S/C14H19N3O2S.C11H19NO3.CH4/c1-8-5-11-10(9(6-15)12(16)20-11)7-17(8)13(18)19-14(2,3)4;1-8-5-6-9(13)7-12(8)10(14)15-11(2,3)4;/h8H,5,7,16H2,1-4H3;8H,5-7H2,1-4H3;1H4. The second-order valence-electron chi connectivity index (χ2n) is 11.1. The Balaban J connectivity index is 0.000000365. The first-order valence-corrected chi connectivity index (χ1v) is 12.6. The molecule has 202 valence electrons. The van der Waals surface area contributed by atoms with Crippen molar-refractivity contribution in [1.82, 2.24) is 9.80 Å². The molecule has 10 heteroatoms. The Bertz CT molecular complexity index is 1000. The lowest BCUT2D eigenvalue weighted by Gasteiger charge is -2.34. The number of Topliss-reactive ketones (excluding diaryl/α,β-unsaturated/α-hetero) is 1. The van der Waals surface area contributed by atoms with Crippen LogP contribution in [0.1, 0.15) is 91.7 Å². The normalized spacial score (nSPS) is 19.7. The van der Waals surface area contributed by atoms with Gasteiger partial charge in [-0.3, -0.25) is 9.69 Å². The molecule has 2 N–H and O–H groups in total. The molecule has 9 nitrogen and oxygen atoms in total. The molecule has 0 saturated carbocycles. The molecule has 2 unspecified atom stereocenters. The van der Waals surface area contributed by atoms with Gasteiger partial charge < -0.3 is 20.1 Å². The molecule has 1 saturated heterocycles. The minimum atomic E-state index is -0.525. The van der Waals surface area contributed by atoms with Crippen molar-refractivity contribution >= 4 is 34.3 Å². The summed E-state index contributed by atoms with van der Waals surface area (Å²) in [5.41, 5.74) is 6.21. The molecule has 0 aromatic carbocycles. The molecule has 0 bridgehead atoms. The number of ether oxygens (including phenoxy) is 2. The van der Waals surface area contributed by atoms with Gasteiger partial charge in [-0.2, -0.15) is 5.26 Å². The summed E-state index contributed by atoms with van der Waals surface area (Å²) in [6.07, 6.45) is 1.29. The van der Waals surface area contributed by atoms with E-state index in [1.165, 1.54) is 16.2 Å². The van der Waals surface area contributed by atoms with Crippen LogP contribution < -0.4 is 5.73 Å². The number of nitriles is 1. The van der Waals surface area contributed by atoms with Gasteiger partial charge in [0.2, 0.25) is 0 Å². The maximum absolute atomic E-state index is 12.2. The number of carbonyl (C=O) groups excluding carboxylic acids is 3. The highest BCUT2D eigenvalue weighted by atomic mass is 32.1. The molecule has 0 radical (unpaired) electrons. The topological polar surface area (TPSA) is 126 Å². The third-order valence-corrected chi connectivity index (χ3v) is 6.63. The van der Waals surface area contributed by atoms with Crippen LogP contribution in [0, 0.1) is 11.3 Å². The van der Waals surface area contributed by atoms with E-state index in [2.05, 4.69) is 6.07 Å². The molecule has 2 aliphatic rings. The maximum atomic E-state index is 12.2. The number of anilines is 1. The lowest BCUT2D eigenvalue weighted by molar-refractivity contribution is -0.123. The molecule has 36 heavy (non-hydrogen) atoms. The first-order valence-electron chi connectivity index (χ1n) is 11.8. The number of nitrogen functional groups attached to an aromatic ring is 1. The summed E-state index contributed by atoms with van der Waals surface area (Å²) >= 11 is 1.45. The van der Waals surface area contributed by atoms with Crippen molar-refractivity contribution in [2.24, 2.45) is 0 Å². The van der Waals surface area contributed by atoms with Crippen molar-refractivity contribution in [3.63, 3.8) is 0 Å². The van der Waals surface area contributed by atoms with Gasteiger partial charge in [0.1, 0.15) is 22.3 Å². The van der Waals surface area contributed by atoms with E-state index in [-0.39, 0.29) is 44.0 Å². The first kappa shape index (κ1) is 31.2. The summed E-state index contributed by atoms with van der Waals surface area (Å²) in [5.74, 6) is 0.110. The third kappa shape index (κ3) is 8.40. The molecular weight excluding hydrogens is 480 g/mol. The maximum Gasteiger partial charge on any atom is 0.410 e. The molecular formula is C26H42N4O5S. The second kappa shape index (κ2) is 12.0. The number of thiophene rings is 1. The van der Waals surface area contributed by atoms with E-state index in [4.69, 9.17) is 15.2 Å². The van der Waals surface area contributed by atoms with Gasteiger partial charge in [-0.05, 0) is 61.8 Å². The summed E-state index contributed by atoms with van der Waals surface area (Å²) in [4.78, 5) is 39.5. The highest BCUT2D eigenvalue weighted by Gasteiger charge is 2.34. The van der Waals surface area contributed by atoms with Crippen LogP contribution in [-0.4, -0.2) is 57.6 Å². The van der Waals surface area contributed by atoms with E-state index in [1.54, 1.807) is 4.90 Å². The summed E-state index contributed by atoms with van der Waals surface area (Å²) in [7, 11) is 0. The molecule has 1 fully saturated rings. The van der Waals surface area contributed by atoms with Crippen LogP contribution in [-0.2, 0) is 27.2 Å². The van der Waals surface area contributed by atoms with E-state index >= 15 is 0 Å². The van der Waals surface area contributed by atoms with Crippen LogP contribution in [0.4, 0.5) is 14.6 Å². The van der Waals surface area contributed by atoms with Gasteiger partial charge in [0.25, 0.3) is 0 Å². The number of carbonyl (C=O) groups is 3. The van der Waals surface area contributed by atoms with Crippen molar-refractivity contribution in [1.29, 1.82) is 5.26 Å². The average Bonchev–Trinajstić information content (AvgIpc) is 3.00. The molecule has 1 aromatic heterocycles. The van der Waals surface area contributed by atoms with Crippen LogP contribution in [0.2, 0.25) is 0 Å². The van der Waals surface area contributed by atoms with Crippen LogP contribution in [0.15, 0.2) is 0 Å². The van der Waals surface area contributed by atoms with Crippen LogP contribution in [0.25, 0.3) is 0 Å². The van der Waals surface area contributed by atoms with Crippen LogP contribution in [0.3, 0.4) is 0 Å². The average molecular weight is 523 g/mol. The van der Waals surface area contributed by atoms with E-state index < -0.39 is 11.2 Å². The first-order chi connectivity index (χ1) is 16.0. The smallest absolute Gasteiger partial charge is 0.410 e. The van der Waals surface area contributed by atoms with E-state index in [0.29, 0.717) is 30.0 Å². The molecule has 3 rings (SSSR count). The Morgan fingerprint density at radius 3 is 1.97 bits per heavy atom. The van der Waals surface area contributed by atoms with Gasteiger partial charge in [-0.15, -0.1) is 11.3 Å². The fraction of sp³-hybridized carbons (Fsp3) is 0.692. The van der Waals surface area contributed by atoms with Gasteiger partial charge in [-0.25, -0.2) is 9.59 Å². The Morgan fingerprint density at radius 2 is 1.50 bits per heavy atom. The highest BCUT2D eigenvalue weighted by Crippen LogP contribution is 2.36. The third-order valence-electron chi connectivity index (χ3n) is 5.55. The zero-order chi connectivity index (χ0) is 26.7. The number of fused-ring (bicyclic) bond motifs is 1. The van der Waals surface area contributed by atoms with Gasteiger partial charge in [-0.1, -0.05) is 7.43 Å². The second-order valence-corrected chi connectivity index (χ2v) is 12.2. The number of amides is 2. The van der Waals surface area contributed by atoms with Gasteiger partial charge in [0, 0.05) is 35.4 Å². The zero-order valence-corrected chi connectivity index (χ0v) is 22.9. The minimum absolute atomic E-state index is 0. The SMILES string of the molecule is C.CC1CCC(=O)CN1C(=O)OC(C)(C)C.CC1Cc2sc(N)c(C#N)c2CN1C(=O)OC(C)(C)C. The Hall–Kier alpha value is -2.80. The number of hydrogen-bond donors (Lipinski definition) is 1. The molecule has 2 atom stereocenters. The van der Waals surface area contributed by atoms with E-state index in [9.17, 15) is 19.6 Å². The molecule has 2 aliphatic heterocycles. The molecule has 1 aromatic rings. The number of hydrogen-bond acceptors (Lipinski definition) is 8. The van der Waals surface area contributed by atoms with E-state index in [0.717, 1.165) is 16.9 Å². The minimum Gasteiger partial charge on any atom is -0.444 e. The van der Waals surface area contributed by atoms with Crippen molar-refractivity contribution in [3.8, 4) is 6.07 Å². The zero-order valence-electron chi connectivity index (χ0n) is 22.1. The lowest BCUT2D eigenvalue weighted by Crippen LogP contribution is -2.47. The molecule has 2 amide bonds. The molecule has 0 aliphatic carbocycles. The summed E-state index contributed by atoms with van der Waals surface area (Å²) < 4.78 is 10.6.